The fourth-order valence-electron chi connectivity index (χ4n) is 0.461. The first-order valence-corrected chi connectivity index (χ1v) is 7.88. The van der Waals surface area contributed by atoms with Crippen LogP contribution >= 0.6 is 0 Å². The van der Waals surface area contributed by atoms with Crippen molar-refractivity contribution in [3.05, 3.63) is 0 Å². The van der Waals surface area contributed by atoms with E-state index in [1.54, 1.807) is 7.11 Å². The summed E-state index contributed by atoms with van der Waals surface area (Å²) in [6.07, 6.45) is 2.61. The molecule has 0 aromatic carbocycles. The highest BCUT2D eigenvalue weighted by Gasteiger charge is 1.91. The summed E-state index contributed by atoms with van der Waals surface area (Å²) in [5.74, 6) is 2.40. The van der Waals surface area contributed by atoms with E-state index in [4.69, 9.17) is 9.47 Å². The third kappa shape index (κ3) is 65.0. The van der Waals surface area contributed by atoms with Gasteiger partial charge in [-0.15, -0.1) is 0 Å². The van der Waals surface area contributed by atoms with Gasteiger partial charge in [0.25, 0.3) is 0 Å². The summed E-state index contributed by atoms with van der Waals surface area (Å²) in [6, 6.07) is 0. The van der Waals surface area contributed by atoms with Gasteiger partial charge in [0.2, 0.25) is 0 Å². The van der Waals surface area contributed by atoms with Crippen LogP contribution in [0.4, 0.5) is 0 Å². The molecule has 0 rings (SSSR count). The number of rotatable bonds is 7. The molecule has 0 spiro atoms. The van der Waals surface area contributed by atoms with Crippen LogP contribution in [-0.4, -0.2) is 26.9 Å². The minimum absolute atomic E-state index is 0. The lowest BCUT2D eigenvalue weighted by Crippen LogP contribution is -2.06. The third-order valence-corrected chi connectivity index (χ3v) is 2.52. The Kier molecular flexibility index (Phi) is 43.9. The summed E-state index contributed by atoms with van der Waals surface area (Å²) in [4.78, 5) is 0. The van der Waals surface area contributed by atoms with Crippen molar-refractivity contribution in [1.29, 1.82) is 0 Å². The maximum Gasteiger partial charge on any atom is 0.0700 e. The van der Waals surface area contributed by atoms with Crippen molar-refractivity contribution in [1.82, 2.24) is 0 Å². The molecule has 0 heterocycles. The number of ether oxygens (including phenoxy) is 2. The summed E-state index contributed by atoms with van der Waals surface area (Å²) in [5.41, 5.74) is 0. The molecule has 0 amide bonds. The van der Waals surface area contributed by atoms with Crippen LogP contribution in [0.1, 0.15) is 83.1 Å². The first-order chi connectivity index (χ1) is 8.81. The number of hydrogen-bond donors (Lipinski definition) is 0. The summed E-state index contributed by atoms with van der Waals surface area (Å²) in [7, 11) is 1.68. The van der Waals surface area contributed by atoms with E-state index in [0.29, 0.717) is 19.1 Å². The van der Waals surface area contributed by atoms with Crippen LogP contribution < -0.4 is 0 Å². The lowest BCUT2D eigenvalue weighted by Gasteiger charge is -2.04. The minimum atomic E-state index is 0. The molecule has 0 radical (unpaired) electrons. The predicted molar refractivity (Wildman–Crippen MR) is 101 cm³/mol. The summed E-state index contributed by atoms with van der Waals surface area (Å²) >= 11 is 0. The molecule has 0 atom stereocenters. The monoisotopic (exact) mass is 308 g/mol. The van der Waals surface area contributed by atoms with E-state index < -0.39 is 0 Å². The van der Waals surface area contributed by atoms with E-state index in [-0.39, 0.29) is 14.9 Å². The highest BCUT2D eigenvalue weighted by atomic mass is 16.5. The smallest absolute Gasteiger partial charge is 0.0700 e. The van der Waals surface area contributed by atoms with E-state index in [1.807, 2.05) is 0 Å². The van der Waals surface area contributed by atoms with E-state index >= 15 is 0 Å². The van der Waals surface area contributed by atoms with Crippen LogP contribution in [0, 0.1) is 17.8 Å². The molecule has 0 N–H and O–H groups in total. The first-order valence-electron chi connectivity index (χ1n) is 7.88. The Bertz CT molecular complexity index is 124. The van der Waals surface area contributed by atoms with Crippen molar-refractivity contribution in [2.45, 2.75) is 83.1 Å². The molecule has 0 unspecified atom stereocenters. The van der Waals surface area contributed by atoms with Gasteiger partial charge in [-0.1, -0.05) is 83.1 Å². The first kappa shape index (κ1) is 32.8. The Morgan fingerprint density at radius 2 is 1.00 bits per heavy atom. The highest BCUT2D eigenvalue weighted by molar-refractivity contribution is 4.38. The Morgan fingerprint density at radius 1 is 0.667 bits per heavy atom. The second-order valence-electron chi connectivity index (χ2n) is 6.07. The zero-order valence-electron chi connectivity index (χ0n) is 15.1. The van der Waals surface area contributed by atoms with Crippen LogP contribution in [-0.2, 0) is 9.47 Å². The molecule has 0 saturated carbocycles. The quantitative estimate of drug-likeness (QED) is 0.488. The van der Waals surface area contributed by atoms with Crippen molar-refractivity contribution in [2.75, 3.05) is 26.9 Å². The van der Waals surface area contributed by atoms with E-state index in [2.05, 4.69) is 55.4 Å². The minimum Gasteiger partial charge on any atom is -0.382 e. The summed E-state index contributed by atoms with van der Waals surface area (Å²) in [5, 5.41) is 0. The maximum absolute atomic E-state index is 5.21. The van der Waals surface area contributed by atoms with Gasteiger partial charge in [0.15, 0.2) is 0 Å². The van der Waals surface area contributed by atoms with Crippen LogP contribution in [0.3, 0.4) is 0 Å². The van der Waals surface area contributed by atoms with Gasteiger partial charge in [-0.05, 0) is 17.8 Å². The van der Waals surface area contributed by atoms with E-state index in [1.165, 1.54) is 12.8 Å². The Morgan fingerprint density at radius 3 is 1.19 bits per heavy atom. The summed E-state index contributed by atoms with van der Waals surface area (Å²) in [6.45, 7) is 19.8. The topological polar surface area (TPSA) is 18.5 Å². The lowest BCUT2D eigenvalue weighted by molar-refractivity contribution is 0.0572. The van der Waals surface area contributed by atoms with Crippen molar-refractivity contribution < 1.29 is 9.47 Å². The molecule has 2 nitrogen and oxygen atoms in total. The van der Waals surface area contributed by atoms with Gasteiger partial charge in [0.1, 0.15) is 0 Å². The Balaban J connectivity index is -0.0000000622. The van der Waals surface area contributed by atoms with Gasteiger partial charge in [0, 0.05) is 13.7 Å². The van der Waals surface area contributed by atoms with Gasteiger partial charge in [-0.2, -0.15) is 0 Å². The summed E-state index contributed by atoms with van der Waals surface area (Å²) < 4.78 is 10.0. The molecule has 136 valence electrons. The van der Waals surface area contributed by atoms with Crippen molar-refractivity contribution in [3.63, 3.8) is 0 Å². The van der Waals surface area contributed by atoms with Gasteiger partial charge in [-0.3, -0.25) is 0 Å². The van der Waals surface area contributed by atoms with Crippen LogP contribution in [0.2, 0.25) is 0 Å². The Labute approximate surface area is 138 Å². The van der Waals surface area contributed by atoms with E-state index in [0.717, 1.165) is 18.4 Å². The van der Waals surface area contributed by atoms with Gasteiger partial charge < -0.3 is 9.47 Å². The van der Waals surface area contributed by atoms with Crippen LogP contribution in [0.15, 0.2) is 0 Å². The Hall–Kier alpha value is -0.0800. The molecule has 0 fully saturated rings. The number of hydrogen-bond acceptors (Lipinski definition) is 2. The van der Waals surface area contributed by atoms with Crippen molar-refractivity contribution >= 4 is 0 Å². The van der Waals surface area contributed by atoms with Gasteiger partial charge in [-0.25, -0.2) is 0 Å². The predicted octanol–water partition coefficient (Wildman–Crippen LogP) is 6.68. The largest absolute Gasteiger partial charge is 0.382 e. The molecule has 0 aliphatic rings. The molecular formula is C19H48O2. The highest BCUT2D eigenvalue weighted by Crippen LogP contribution is 1.94. The average Bonchev–Trinajstić information content (AvgIpc) is 2.35. The van der Waals surface area contributed by atoms with E-state index in [9.17, 15) is 0 Å². The molecular weight excluding hydrogens is 260 g/mol. The second kappa shape index (κ2) is 28.1. The lowest BCUT2D eigenvalue weighted by atomic mass is 10.2. The van der Waals surface area contributed by atoms with Crippen molar-refractivity contribution in [2.24, 2.45) is 17.8 Å². The fourth-order valence-corrected chi connectivity index (χ4v) is 0.461. The molecule has 0 saturated heterocycles. The maximum atomic E-state index is 5.21. The van der Waals surface area contributed by atoms with Gasteiger partial charge in [0.05, 0.1) is 13.2 Å². The second-order valence-corrected chi connectivity index (χ2v) is 6.07. The average molecular weight is 309 g/mol. The molecule has 21 heavy (non-hydrogen) atoms. The normalized spacial score (nSPS) is 9.14. The number of methoxy groups -OCH3 is 1. The molecule has 0 aliphatic carbocycles. The fraction of sp³-hybridized carbons (Fsp3) is 1.00. The van der Waals surface area contributed by atoms with Crippen LogP contribution in [0.25, 0.3) is 0 Å². The zero-order valence-corrected chi connectivity index (χ0v) is 15.1. The van der Waals surface area contributed by atoms with Gasteiger partial charge >= 0.3 is 0 Å². The SMILES string of the molecule is C.C.CCC(C)C.CCC(C)C.COCCOCC(C)C. The molecule has 0 aliphatic heterocycles. The molecule has 0 aromatic heterocycles. The third-order valence-electron chi connectivity index (χ3n) is 2.52. The molecule has 2 heteroatoms. The zero-order chi connectivity index (χ0) is 15.7. The molecule has 0 aromatic rings. The standard InChI is InChI=1S/C7H16O2.2C5H12.2CH4/c1-7(2)6-9-5-4-8-3;2*1-4-5(2)3;;/h7H,4-6H2,1-3H3;2*5H,4H2,1-3H3;2*1H4. The van der Waals surface area contributed by atoms with Crippen molar-refractivity contribution in [3.8, 4) is 0 Å². The molecule has 0 bridgehead atoms. The van der Waals surface area contributed by atoms with Crippen LogP contribution in [0.5, 0.6) is 0 Å².